The van der Waals surface area contributed by atoms with Crippen molar-refractivity contribution in [3.05, 3.63) is 40.1 Å². The molecule has 110 valence electrons. The number of nitrogens with one attached hydrogen (secondary N) is 1. The van der Waals surface area contributed by atoms with Crippen molar-refractivity contribution in [3.63, 3.8) is 0 Å². The van der Waals surface area contributed by atoms with Gasteiger partial charge in [-0.15, -0.1) is 0 Å². The van der Waals surface area contributed by atoms with E-state index in [1.54, 1.807) is 0 Å². The first-order valence-corrected chi connectivity index (χ1v) is 6.01. The van der Waals surface area contributed by atoms with Crippen LogP contribution < -0.4 is 5.32 Å². The molecule has 2 rings (SSSR count). The smallest absolute Gasteiger partial charge is 0.315 e. The molecule has 1 N–H and O–H groups in total. The van der Waals surface area contributed by atoms with Crippen LogP contribution in [0.1, 0.15) is 20.7 Å². The molecule has 0 saturated carbocycles. The van der Waals surface area contributed by atoms with Crippen molar-refractivity contribution >= 4 is 34.8 Å². The number of fused-ring (bicyclic) bond motifs is 1. The second-order valence-corrected chi connectivity index (χ2v) is 4.40. The molecular weight excluding hydrogens is 308 g/mol. The lowest BCUT2D eigenvalue weighted by Gasteiger charge is -2.19. The number of carbonyl (C=O) groups is 3. The van der Waals surface area contributed by atoms with E-state index >= 15 is 0 Å². The molecule has 8 heteroatoms. The van der Waals surface area contributed by atoms with E-state index in [-0.39, 0.29) is 22.6 Å². The minimum absolute atomic E-state index is 0.0756. The van der Waals surface area contributed by atoms with Gasteiger partial charge in [-0.25, -0.2) is 0 Å². The number of Topliss-reactive ketones (excluding diaryl/α,β-unsaturated/α-hetero) is 2. The fraction of sp³-hybridized carbons (Fsp3) is 0.154. The molecule has 0 saturated heterocycles. The van der Waals surface area contributed by atoms with E-state index in [2.05, 4.69) is 0 Å². The van der Waals surface area contributed by atoms with Gasteiger partial charge in [0, 0.05) is 5.56 Å². The van der Waals surface area contributed by atoms with Crippen molar-refractivity contribution in [1.82, 2.24) is 0 Å². The molecule has 0 fully saturated rings. The molecule has 0 heterocycles. The summed E-state index contributed by atoms with van der Waals surface area (Å²) in [5, 5.41) is 1.43. The minimum atomic E-state index is -3.25. The Morgan fingerprint density at radius 1 is 1.29 bits per heavy atom. The van der Waals surface area contributed by atoms with E-state index in [0.29, 0.717) is 0 Å². The predicted octanol–water partition coefficient (Wildman–Crippen LogP) is 2.37. The van der Waals surface area contributed by atoms with E-state index in [1.807, 2.05) is 5.32 Å². The Labute approximate surface area is 122 Å². The van der Waals surface area contributed by atoms with E-state index in [1.165, 1.54) is 25.3 Å². The van der Waals surface area contributed by atoms with E-state index in [0.717, 1.165) is 0 Å². The largest absolute Gasteiger partial charge is 0.491 e. The molecule has 0 aromatic heterocycles. The SMILES string of the molecule is COC1=C(Cl)C(=O)c2c(NC(=O)C(F)F)cccc2C1=O. The maximum atomic E-state index is 12.3. The Bertz CT molecular complexity index is 685. The number of ketones is 2. The van der Waals surface area contributed by atoms with Gasteiger partial charge in [-0.1, -0.05) is 23.7 Å². The first kappa shape index (κ1) is 15.1. The molecule has 0 bridgehead atoms. The van der Waals surface area contributed by atoms with Crippen LogP contribution in [-0.4, -0.2) is 31.0 Å². The van der Waals surface area contributed by atoms with Crippen molar-refractivity contribution in [2.75, 3.05) is 12.4 Å². The molecule has 5 nitrogen and oxygen atoms in total. The summed E-state index contributed by atoms with van der Waals surface area (Å²) in [4.78, 5) is 35.3. The summed E-state index contributed by atoms with van der Waals surface area (Å²) in [6.45, 7) is 0. The van der Waals surface area contributed by atoms with Crippen molar-refractivity contribution in [3.8, 4) is 0 Å². The second kappa shape index (κ2) is 5.61. The van der Waals surface area contributed by atoms with Crippen LogP contribution in [0.2, 0.25) is 0 Å². The predicted molar refractivity (Wildman–Crippen MR) is 69.6 cm³/mol. The van der Waals surface area contributed by atoms with Crippen LogP contribution >= 0.6 is 11.6 Å². The van der Waals surface area contributed by atoms with Crippen LogP contribution in [0.25, 0.3) is 0 Å². The summed E-state index contributed by atoms with van der Waals surface area (Å²) in [5.41, 5.74) is -0.514. The van der Waals surface area contributed by atoms with E-state index < -0.39 is 28.9 Å². The van der Waals surface area contributed by atoms with Crippen molar-refractivity contribution < 1.29 is 27.9 Å². The molecule has 0 aliphatic heterocycles. The molecule has 0 unspecified atom stereocenters. The molecule has 1 aliphatic carbocycles. The Morgan fingerprint density at radius 2 is 1.95 bits per heavy atom. The fourth-order valence-electron chi connectivity index (χ4n) is 1.89. The second-order valence-electron chi connectivity index (χ2n) is 4.02. The molecule has 0 radical (unpaired) electrons. The number of allylic oxidation sites excluding steroid dienone is 2. The van der Waals surface area contributed by atoms with Gasteiger partial charge in [0.2, 0.25) is 11.6 Å². The summed E-state index contributed by atoms with van der Waals surface area (Å²) in [7, 11) is 1.18. The molecule has 1 amide bonds. The van der Waals surface area contributed by atoms with Crippen molar-refractivity contribution in [2.24, 2.45) is 0 Å². The molecule has 1 aromatic rings. The fourth-order valence-corrected chi connectivity index (χ4v) is 2.15. The average molecular weight is 316 g/mol. The molecule has 21 heavy (non-hydrogen) atoms. The van der Waals surface area contributed by atoms with Gasteiger partial charge in [0.05, 0.1) is 18.4 Å². The number of hydrogen-bond donors (Lipinski definition) is 1. The van der Waals surface area contributed by atoms with Crippen molar-refractivity contribution in [2.45, 2.75) is 6.43 Å². The summed E-state index contributed by atoms with van der Waals surface area (Å²) >= 11 is 5.75. The van der Waals surface area contributed by atoms with Gasteiger partial charge in [0.25, 0.3) is 5.91 Å². The Kier molecular flexibility index (Phi) is 4.04. The van der Waals surface area contributed by atoms with Gasteiger partial charge < -0.3 is 10.1 Å². The van der Waals surface area contributed by atoms with E-state index in [9.17, 15) is 23.2 Å². The Balaban J connectivity index is 2.55. The minimum Gasteiger partial charge on any atom is -0.491 e. The zero-order chi connectivity index (χ0) is 15.7. The lowest BCUT2D eigenvalue weighted by Crippen LogP contribution is -2.26. The molecule has 0 atom stereocenters. The third-order valence-corrected chi connectivity index (χ3v) is 3.14. The average Bonchev–Trinajstić information content (AvgIpc) is 2.45. The summed E-state index contributed by atoms with van der Waals surface area (Å²) in [5.74, 6) is -3.36. The third kappa shape index (κ3) is 2.52. The highest BCUT2D eigenvalue weighted by Gasteiger charge is 2.34. The number of halogens is 3. The summed E-state index contributed by atoms with van der Waals surface area (Å²) in [6, 6.07) is 3.89. The van der Waals surface area contributed by atoms with Gasteiger partial charge in [0.15, 0.2) is 5.76 Å². The standard InChI is InChI=1S/C13H8ClF2NO4/c1-21-11-8(14)10(19)7-5(9(11)18)3-2-4-6(7)17-13(20)12(15)16/h2-4,12H,1H3,(H,17,20). The van der Waals surface area contributed by atoms with Crippen LogP contribution in [0, 0.1) is 0 Å². The van der Waals surface area contributed by atoms with Crippen LogP contribution in [0.15, 0.2) is 29.0 Å². The Hall–Kier alpha value is -2.28. The van der Waals surface area contributed by atoms with Crippen LogP contribution in [0.3, 0.4) is 0 Å². The van der Waals surface area contributed by atoms with Crippen molar-refractivity contribution in [1.29, 1.82) is 0 Å². The number of rotatable bonds is 3. The number of anilines is 1. The van der Waals surface area contributed by atoms with Crippen LogP contribution in [0.5, 0.6) is 0 Å². The normalized spacial score (nSPS) is 14.3. The summed E-state index contributed by atoms with van der Waals surface area (Å²) < 4.78 is 29.4. The maximum absolute atomic E-state index is 12.3. The number of methoxy groups -OCH3 is 1. The molecule has 1 aliphatic rings. The van der Waals surface area contributed by atoms with E-state index in [4.69, 9.17) is 16.3 Å². The number of ether oxygens (including phenoxy) is 1. The molecular formula is C13H8ClF2NO4. The highest BCUT2D eigenvalue weighted by atomic mass is 35.5. The zero-order valence-electron chi connectivity index (χ0n) is 10.6. The van der Waals surface area contributed by atoms with Crippen LogP contribution in [0.4, 0.5) is 14.5 Å². The topological polar surface area (TPSA) is 72.5 Å². The highest BCUT2D eigenvalue weighted by Crippen LogP contribution is 2.33. The first-order chi connectivity index (χ1) is 9.88. The number of alkyl halides is 2. The lowest BCUT2D eigenvalue weighted by atomic mass is 9.91. The monoisotopic (exact) mass is 315 g/mol. The number of carbonyl (C=O) groups excluding carboxylic acids is 3. The zero-order valence-corrected chi connectivity index (χ0v) is 11.3. The van der Waals surface area contributed by atoms with Gasteiger partial charge in [-0.3, -0.25) is 14.4 Å². The number of amides is 1. The maximum Gasteiger partial charge on any atom is 0.315 e. The molecule has 1 aromatic carbocycles. The summed E-state index contributed by atoms with van der Waals surface area (Å²) in [6.07, 6.45) is -3.25. The Morgan fingerprint density at radius 3 is 2.52 bits per heavy atom. The highest BCUT2D eigenvalue weighted by molar-refractivity contribution is 6.50. The lowest BCUT2D eigenvalue weighted by molar-refractivity contribution is -0.126. The first-order valence-electron chi connectivity index (χ1n) is 5.63. The van der Waals surface area contributed by atoms with Gasteiger partial charge in [0.1, 0.15) is 5.03 Å². The number of hydrogen-bond acceptors (Lipinski definition) is 4. The van der Waals surface area contributed by atoms with Gasteiger partial charge in [-0.2, -0.15) is 8.78 Å². The van der Waals surface area contributed by atoms with Gasteiger partial charge in [-0.05, 0) is 6.07 Å². The quantitative estimate of drug-likeness (QED) is 0.929. The third-order valence-electron chi connectivity index (χ3n) is 2.80. The molecule has 0 spiro atoms. The van der Waals surface area contributed by atoms with Gasteiger partial charge >= 0.3 is 6.43 Å². The van der Waals surface area contributed by atoms with Crippen LogP contribution in [-0.2, 0) is 9.53 Å². The number of benzene rings is 1.